The minimum atomic E-state index is -1.90. The molecule has 0 fully saturated rings. The van der Waals surface area contributed by atoms with E-state index in [2.05, 4.69) is 33.9 Å². The van der Waals surface area contributed by atoms with Crippen molar-refractivity contribution in [2.45, 2.75) is 58.0 Å². The van der Waals surface area contributed by atoms with Crippen molar-refractivity contribution in [2.75, 3.05) is 0 Å². The zero-order valence-electron chi connectivity index (χ0n) is 17.0. The first-order chi connectivity index (χ1) is 12.6. The first-order valence-electron chi connectivity index (χ1n) is 9.32. The molecule has 0 unspecified atom stereocenters. The van der Waals surface area contributed by atoms with Gasteiger partial charge in [-0.1, -0.05) is 63.2 Å². The normalized spacial score (nSPS) is 13.1. The van der Waals surface area contributed by atoms with E-state index in [9.17, 15) is 4.79 Å². The maximum absolute atomic E-state index is 12.2. The van der Waals surface area contributed by atoms with Gasteiger partial charge in [0.2, 0.25) is 8.32 Å². The topological polar surface area (TPSA) is 61.5 Å². The van der Waals surface area contributed by atoms with Crippen molar-refractivity contribution < 1.29 is 14.0 Å². The smallest absolute Gasteiger partial charge is 0.323 e. The SMILES string of the molecule is CC(C)(C)[Si](C)(C)Oc1cccc(C[C@@H](N)C(=O)OCc2ccccc2)c1. The highest BCUT2D eigenvalue weighted by Crippen LogP contribution is 2.37. The van der Waals surface area contributed by atoms with Crippen LogP contribution in [-0.4, -0.2) is 20.3 Å². The number of esters is 1. The number of carbonyl (C=O) groups excluding carboxylic acids is 1. The Hall–Kier alpha value is -2.11. The number of rotatable bonds is 7. The summed E-state index contributed by atoms with van der Waals surface area (Å²) in [6.45, 7) is 11.3. The molecule has 0 aliphatic rings. The molecule has 0 saturated carbocycles. The van der Waals surface area contributed by atoms with E-state index in [-0.39, 0.29) is 11.6 Å². The maximum atomic E-state index is 12.2. The Morgan fingerprint density at radius 3 is 2.30 bits per heavy atom. The Bertz CT molecular complexity index is 754. The van der Waals surface area contributed by atoms with Gasteiger partial charge in [-0.15, -0.1) is 0 Å². The van der Waals surface area contributed by atoms with Gasteiger partial charge in [0.1, 0.15) is 18.4 Å². The van der Waals surface area contributed by atoms with E-state index in [1.807, 2.05) is 54.6 Å². The molecule has 2 aromatic carbocycles. The van der Waals surface area contributed by atoms with Gasteiger partial charge in [0.25, 0.3) is 0 Å². The lowest BCUT2D eigenvalue weighted by Crippen LogP contribution is -2.43. The van der Waals surface area contributed by atoms with Gasteiger partial charge in [0, 0.05) is 0 Å². The molecule has 5 heteroatoms. The van der Waals surface area contributed by atoms with Crippen LogP contribution >= 0.6 is 0 Å². The van der Waals surface area contributed by atoms with Gasteiger partial charge in [-0.3, -0.25) is 4.79 Å². The van der Waals surface area contributed by atoms with Crippen molar-refractivity contribution in [2.24, 2.45) is 5.73 Å². The van der Waals surface area contributed by atoms with Crippen molar-refractivity contribution in [1.29, 1.82) is 0 Å². The molecule has 0 aliphatic heterocycles. The van der Waals surface area contributed by atoms with E-state index in [1.165, 1.54) is 0 Å². The molecular weight excluding hydrogens is 354 g/mol. The molecule has 0 heterocycles. The van der Waals surface area contributed by atoms with Crippen LogP contribution in [0.3, 0.4) is 0 Å². The molecule has 146 valence electrons. The molecule has 0 radical (unpaired) electrons. The van der Waals surface area contributed by atoms with E-state index in [0.717, 1.165) is 16.9 Å². The second-order valence-electron chi connectivity index (χ2n) is 8.41. The van der Waals surface area contributed by atoms with Gasteiger partial charge in [-0.25, -0.2) is 0 Å². The molecule has 1 atom stereocenters. The van der Waals surface area contributed by atoms with Crippen LogP contribution in [0.5, 0.6) is 5.75 Å². The summed E-state index contributed by atoms with van der Waals surface area (Å²) in [6, 6.07) is 16.7. The Morgan fingerprint density at radius 1 is 1.04 bits per heavy atom. The molecule has 0 saturated heterocycles. The van der Waals surface area contributed by atoms with E-state index in [4.69, 9.17) is 14.9 Å². The number of hydrogen-bond donors (Lipinski definition) is 1. The number of benzene rings is 2. The highest BCUT2D eigenvalue weighted by molar-refractivity contribution is 6.74. The summed E-state index contributed by atoms with van der Waals surface area (Å²) in [5.74, 6) is 0.443. The van der Waals surface area contributed by atoms with Crippen molar-refractivity contribution in [3.8, 4) is 5.75 Å². The third kappa shape index (κ3) is 6.22. The quantitative estimate of drug-likeness (QED) is 0.555. The summed E-state index contributed by atoms with van der Waals surface area (Å²) in [4.78, 5) is 12.2. The summed E-state index contributed by atoms with van der Waals surface area (Å²) in [6.07, 6.45) is 0.419. The van der Waals surface area contributed by atoms with Crippen LogP contribution in [0.1, 0.15) is 31.9 Å². The maximum Gasteiger partial charge on any atom is 0.323 e. The zero-order chi connectivity index (χ0) is 20.1. The zero-order valence-corrected chi connectivity index (χ0v) is 18.0. The number of hydrogen-bond acceptors (Lipinski definition) is 4. The number of carbonyl (C=O) groups is 1. The van der Waals surface area contributed by atoms with Crippen LogP contribution < -0.4 is 10.2 Å². The van der Waals surface area contributed by atoms with Crippen LogP contribution in [0.4, 0.5) is 0 Å². The predicted molar refractivity (Wildman–Crippen MR) is 112 cm³/mol. The monoisotopic (exact) mass is 385 g/mol. The summed E-state index contributed by atoms with van der Waals surface area (Å²) >= 11 is 0. The largest absolute Gasteiger partial charge is 0.543 e. The fourth-order valence-corrected chi connectivity index (χ4v) is 3.38. The Kier molecular flexibility index (Phi) is 6.84. The molecule has 0 aliphatic carbocycles. The second-order valence-corrected chi connectivity index (χ2v) is 13.1. The van der Waals surface area contributed by atoms with Crippen molar-refractivity contribution in [3.05, 3.63) is 65.7 Å². The first kappa shape index (κ1) is 21.2. The minimum absolute atomic E-state index is 0.126. The lowest BCUT2D eigenvalue weighted by atomic mass is 10.1. The van der Waals surface area contributed by atoms with Crippen LogP contribution in [0.15, 0.2) is 54.6 Å². The average molecular weight is 386 g/mol. The van der Waals surface area contributed by atoms with Gasteiger partial charge in [-0.05, 0) is 47.8 Å². The molecule has 4 nitrogen and oxygen atoms in total. The van der Waals surface area contributed by atoms with Crippen LogP contribution in [-0.2, 0) is 22.6 Å². The number of nitrogens with two attached hydrogens (primary N) is 1. The Balaban J connectivity index is 1.95. The average Bonchev–Trinajstić information content (AvgIpc) is 2.59. The highest BCUT2D eigenvalue weighted by atomic mass is 28.4. The third-order valence-electron chi connectivity index (χ3n) is 5.06. The van der Waals surface area contributed by atoms with Gasteiger partial charge < -0.3 is 14.9 Å². The summed E-state index contributed by atoms with van der Waals surface area (Å²) in [5.41, 5.74) is 7.97. The fourth-order valence-electron chi connectivity index (χ4n) is 2.36. The number of ether oxygens (including phenoxy) is 1. The van der Waals surface area contributed by atoms with E-state index >= 15 is 0 Å². The third-order valence-corrected chi connectivity index (χ3v) is 9.42. The van der Waals surface area contributed by atoms with Gasteiger partial charge in [0.05, 0.1) is 0 Å². The molecule has 27 heavy (non-hydrogen) atoms. The van der Waals surface area contributed by atoms with E-state index in [1.54, 1.807) is 0 Å². The standard InChI is InChI=1S/C22H31NO3Si/c1-22(2,3)27(4,5)26-19-13-9-12-18(14-19)15-20(23)21(24)25-16-17-10-7-6-8-11-17/h6-14,20H,15-16,23H2,1-5H3/t20-/m1/s1. The van der Waals surface area contributed by atoms with Crippen LogP contribution in [0, 0.1) is 0 Å². The van der Waals surface area contributed by atoms with Crippen molar-refractivity contribution >= 4 is 14.3 Å². The lowest BCUT2D eigenvalue weighted by Gasteiger charge is -2.36. The minimum Gasteiger partial charge on any atom is -0.543 e. The predicted octanol–water partition coefficient (Wildman–Crippen LogP) is 4.68. The van der Waals surface area contributed by atoms with E-state index in [0.29, 0.717) is 6.42 Å². The summed E-state index contributed by atoms with van der Waals surface area (Å²) in [7, 11) is -1.90. The molecule has 0 aromatic heterocycles. The molecule has 2 aromatic rings. The Morgan fingerprint density at radius 2 is 1.67 bits per heavy atom. The van der Waals surface area contributed by atoms with Crippen molar-refractivity contribution in [1.82, 2.24) is 0 Å². The summed E-state index contributed by atoms with van der Waals surface area (Å²) < 4.78 is 11.7. The van der Waals surface area contributed by atoms with Gasteiger partial charge in [0.15, 0.2) is 0 Å². The van der Waals surface area contributed by atoms with E-state index < -0.39 is 20.3 Å². The first-order valence-corrected chi connectivity index (χ1v) is 12.2. The second kappa shape index (κ2) is 8.72. The van der Waals surface area contributed by atoms with Crippen LogP contribution in [0.2, 0.25) is 18.1 Å². The summed E-state index contributed by atoms with van der Waals surface area (Å²) in [5, 5.41) is 0.126. The highest BCUT2D eigenvalue weighted by Gasteiger charge is 2.38. The molecular formula is C22H31NO3Si. The fraction of sp³-hybridized carbons (Fsp3) is 0.409. The lowest BCUT2D eigenvalue weighted by molar-refractivity contribution is -0.146. The Labute approximate surface area is 163 Å². The molecule has 0 bridgehead atoms. The van der Waals surface area contributed by atoms with Gasteiger partial charge >= 0.3 is 5.97 Å². The molecule has 2 N–H and O–H groups in total. The van der Waals surface area contributed by atoms with Crippen LogP contribution in [0.25, 0.3) is 0 Å². The molecule has 0 spiro atoms. The molecule has 0 amide bonds. The van der Waals surface area contributed by atoms with Gasteiger partial charge in [-0.2, -0.15) is 0 Å². The molecule has 2 rings (SSSR count). The van der Waals surface area contributed by atoms with Crippen molar-refractivity contribution in [3.63, 3.8) is 0 Å².